The molecule has 0 bridgehead atoms. The maximum absolute atomic E-state index is 13.7. The molecule has 0 spiro atoms. The van der Waals surface area contributed by atoms with Crippen molar-refractivity contribution in [3.63, 3.8) is 0 Å². The maximum atomic E-state index is 13.7. The zero-order valence-corrected chi connectivity index (χ0v) is 17.2. The van der Waals surface area contributed by atoms with Gasteiger partial charge in [0.25, 0.3) is 5.91 Å². The number of nitrogens with zero attached hydrogens (tertiary/aromatic N) is 3. The minimum atomic E-state index is -0.882. The highest BCUT2D eigenvalue weighted by Gasteiger charge is 2.29. The van der Waals surface area contributed by atoms with Crippen molar-refractivity contribution in [2.75, 3.05) is 11.9 Å². The molecule has 9 heteroatoms. The Kier molecular flexibility index (Phi) is 5.51. The van der Waals surface area contributed by atoms with Gasteiger partial charge in [-0.3, -0.25) is 19.6 Å². The molecule has 1 aliphatic rings. The Labute approximate surface area is 178 Å². The van der Waals surface area contributed by atoms with E-state index in [0.29, 0.717) is 23.5 Å². The lowest BCUT2D eigenvalue weighted by atomic mass is 9.97. The van der Waals surface area contributed by atoms with Gasteiger partial charge < -0.3 is 10.6 Å². The number of hydrogen-bond donors (Lipinski definition) is 2. The zero-order chi connectivity index (χ0) is 22.1. The highest BCUT2D eigenvalue weighted by molar-refractivity contribution is 6.04. The number of fused-ring (bicyclic) bond motifs is 1. The number of benzene rings is 2. The number of nitro groups is 1. The van der Waals surface area contributed by atoms with Crippen LogP contribution in [0.25, 0.3) is 0 Å². The number of aryl methyl sites for hydroxylation is 1. The van der Waals surface area contributed by atoms with E-state index in [4.69, 9.17) is 0 Å². The van der Waals surface area contributed by atoms with Crippen molar-refractivity contribution >= 4 is 17.3 Å². The van der Waals surface area contributed by atoms with Crippen molar-refractivity contribution < 1.29 is 14.1 Å². The number of amides is 1. The fraction of sp³-hybridized carbons (Fsp3) is 0.273. The Morgan fingerprint density at radius 3 is 2.90 bits per heavy atom. The number of halogens is 1. The van der Waals surface area contributed by atoms with Gasteiger partial charge >= 0.3 is 5.69 Å². The summed E-state index contributed by atoms with van der Waals surface area (Å²) in [6.07, 6.45) is 0. The van der Waals surface area contributed by atoms with Crippen molar-refractivity contribution in [2.24, 2.45) is 0 Å². The second-order valence-corrected chi connectivity index (χ2v) is 7.77. The maximum Gasteiger partial charge on any atom is 0.305 e. The van der Waals surface area contributed by atoms with Gasteiger partial charge in [0.1, 0.15) is 0 Å². The van der Waals surface area contributed by atoms with E-state index >= 15 is 0 Å². The van der Waals surface area contributed by atoms with Crippen molar-refractivity contribution in [3.8, 4) is 0 Å². The first-order valence-corrected chi connectivity index (χ1v) is 9.94. The molecule has 0 fully saturated rings. The molecular formula is C22H22FN5O3. The lowest BCUT2D eigenvalue weighted by Gasteiger charge is -2.22. The van der Waals surface area contributed by atoms with Crippen LogP contribution in [-0.4, -0.2) is 27.2 Å². The first-order valence-electron chi connectivity index (χ1n) is 9.94. The molecule has 0 saturated heterocycles. The summed E-state index contributed by atoms with van der Waals surface area (Å²) in [4.78, 5) is 23.3. The summed E-state index contributed by atoms with van der Waals surface area (Å²) in [6.45, 7) is 5.39. The largest absolute Gasteiger partial charge is 0.321 e. The van der Waals surface area contributed by atoms with Crippen molar-refractivity contribution in [2.45, 2.75) is 32.9 Å². The Hall–Kier alpha value is -3.59. The zero-order valence-electron chi connectivity index (χ0n) is 17.2. The topological polar surface area (TPSA) is 102 Å². The smallest absolute Gasteiger partial charge is 0.305 e. The molecule has 1 unspecified atom stereocenters. The van der Waals surface area contributed by atoms with Crippen molar-refractivity contribution in [1.29, 1.82) is 0 Å². The molecule has 0 radical (unpaired) electrons. The number of nitro benzene ring substituents is 1. The molecule has 1 atom stereocenters. The molecule has 2 N–H and O–H groups in total. The average Bonchev–Trinajstić information content (AvgIpc) is 3.09. The van der Waals surface area contributed by atoms with Gasteiger partial charge in [0.2, 0.25) is 5.82 Å². The summed E-state index contributed by atoms with van der Waals surface area (Å²) in [6, 6.07) is 11.3. The van der Waals surface area contributed by atoms with Crippen molar-refractivity contribution in [1.82, 2.24) is 15.1 Å². The molecule has 160 valence electrons. The Morgan fingerprint density at radius 2 is 2.16 bits per heavy atom. The van der Waals surface area contributed by atoms with E-state index < -0.39 is 16.4 Å². The van der Waals surface area contributed by atoms with E-state index in [2.05, 4.69) is 15.7 Å². The Balaban J connectivity index is 1.69. The van der Waals surface area contributed by atoms with Crippen LogP contribution in [0.1, 0.15) is 45.7 Å². The van der Waals surface area contributed by atoms with Gasteiger partial charge in [-0.1, -0.05) is 25.1 Å². The fourth-order valence-corrected chi connectivity index (χ4v) is 3.93. The quantitative estimate of drug-likeness (QED) is 0.481. The normalized spacial score (nSPS) is 15.4. The van der Waals surface area contributed by atoms with E-state index in [0.717, 1.165) is 29.4 Å². The molecule has 2 aromatic carbocycles. The van der Waals surface area contributed by atoms with Crippen LogP contribution in [0, 0.1) is 22.9 Å². The van der Waals surface area contributed by atoms with Crippen LogP contribution < -0.4 is 10.6 Å². The first kappa shape index (κ1) is 20.7. The third kappa shape index (κ3) is 4.17. The van der Waals surface area contributed by atoms with E-state index in [1.807, 2.05) is 38.1 Å². The minimum absolute atomic E-state index is 0.0900. The van der Waals surface area contributed by atoms with E-state index in [9.17, 15) is 19.3 Å². The summed E-state index contributed by atoms with van der Waals surface area (Å²) < 4.78 is 15.4. The molecule has 0 aliphatic carbocycles. The number of nitrogens with one attached hydrogen (secondary N) is 2. The third-order valence-corrected chi connectivity index (χ3v) is 5.34. The summed E-state index contributed by atoms with van der Waals surface area (Å²) in [5.74, 6) is -1.11. The van der Waals surface area contributed by atoms with Crippen LogP contribution >= 0.6 is 0 Å². The van der Waals surface area contributed by atoms with Gasteiger partial charge in [-0.15, -0.1) is 0 Å². The Morgan fingerprint density at radius 1 is 1.35 bits per heavy atom. The van der Waals surface area contributed by atoms with E-state index in [-0.39, 0.29) is 18.4 Å². The molecular weight excluding hydrogens is 401 g/mol. The number of carbonyl (C=O) groups is 1. The summed E-state index contributed by atoms with van der Waals surface area (Å²) in [7, 11) is 0. The van der Waals surface area contributed by atoms with Gasteiger partial charge in [-0.05, 0) is 36.2 Å². The second-order valence-electron chi connectivity index (χ2n) is 7.77. The molecule has 8 nitrogen and oxygen atoms in total. The summed E-state index contributed by atoms with van der Waals surface area (Å²) >= 11 is 0. The van der Waals surface area contributed by atoms with E-state index in [1.54, 1.807) is 4.68 Å². The fourth-order valence-electron chi connectivity index (χ4n) is 3.93. The lowest BCUT2D eigenvalue weighted by molar-refractivity contribution is -0.387. The Bertz CT molecular complexity index is 1170. The van der Waals surface area contributed by atoms with Crippen LogP contribution in [0.3, 0.4) is 0 Å². The van der Waals surface area contributed by atoms with Crippen LogP contribution in [0.15, 0.2) is 42.5 Å². The van der Waals surface area contributed by atoms with Gasteiger partial charge in [0.05, 0.1) is 11.5 Å². The molecule has 2 heterocycles. The molecule has 1 aromatic heterocycles. The molecule has 0 saturated carbocycles. The van der Waals surface area contributed by atoms with Gasteiger partial charge in [-0.25, -0.2) is 0 Å². The molecule has 3 aromatic rings. The summed E-state index contributed by atoms with van der Waals surface area (Å²) in [5.41, 5.74) is 3.69. The average molecular weight is 423 g/mol. The molecule has 31 heavy (non-hydrogen) atoms. The monoisotopic (exact) mass is 423 g/mol. The first-order chi connectivity index (χ1) is 14.8. The highest BCUT2D eigenvalue weighted by atomic mass is 19.1. The number of anilines is 1. The number of rotatable bonds is 5. The van der Waals surface area contributed by atoms with Crippen LogP contribution in [0.4, 0.5) is 15.8 Å². The SMILES string of the molecule is Cc1cccc(NC(=O)c2nn(Cc3ccc(F)c([N+](=O)[O-])c3)c3c2CNCC3C)c1. The van der Waals surface area contributed by atoms with Crippen LogP contribution in [0.5, 0.6) is 0 Å². The third-order valence-electron chi connectivity index (χ3n) is 5.34. The highest BCUT2D eigenvalue weighted by Crippen LogP contribution is 2.28. The van der Waals surface area contributed by atoms with Gasteiger partial charge in [0, 0.05) is 42.0 Å². The molecule has 4 rings (SSSR count). The van der Waals surface area contributed by atoms with Crippen LogP contribution in [0.2, 0.25) is 0 Å². The van der Waals surface area contributed by atoms with E-state index in [1.165, 1.54) is 12.1 Å². The molecule has 1 aliphatic heterocycles. The second kappa shape index (κ2) is 8.27. The predicted octanol–water partition coefficient (Wildman–Crippen LogP) is 3.75. The summed E-state index contributed by atoms with van der Waals surface area (Å²) in [5, 5.41) is 21.8. The van der Waals surface area contributed by atoms with Crippen LogP contribution in [-0.2, 0) is 13.1 Å². The number of carbonyl (C=O) groups excluding carboxylic acids is 1. The number of aromatic nitrogens is 2. The van der Waals surface area contributed by atoms with Gasteiger partial charge in [0.15, 0.2) is 5.69 Å². The molecule has 1 amide bonds. The lowest BCUT2D eigenvalue weighted by Crippen LogP contribution is -2.29. The predicted molar refractivity (Wildman–Crippen MR) is 114 cm³/mol. The minimum Gasteiger partial charge on any atom is -0.321 e. The van der Waals surface area contributed by atoms with Crippen molar-refractivity contribution in [3.05, 3.63) is 86.5 Å². The van der Waals surface area contributed by atoms with Gasteiger partial charge in [-0.2, -0.15) is 9.49 Å². The number of hydrogen-bond acceptors (Lipinski definition) is 5. The standard InChI is InChI=1S/C22H22FN5O3/c1-13-4-3-5-16(8-13)25-22(29)20-17-11-24-10-14(2)21(17)27(26-20)12-15-6-7-18(23)19(9-15)28(30)31/h3-9,14,24H,10-12H2,1-2H3,(H,25,29).